The van der Waals surface area contributed by atoms with Crippen LogP contribution in [0.5, 0.6) is 5.75 Å². The minimum absolute atomic E-state index is 0.132. The van der Waals surface area contributed by atoms with E-state index in [0.29, 0.717) is 23.4 Å². The Morgan fingerprint density at radius 3 is 2.67 bits per heavy atom. The van der Waals surface area contributed by atoms with Gasteiger partial charge in [0.2, 0.25) is 5.91 Å². The van der Waals surface area contributed by atoms with E-state index in [1.165, 1.54) is 4.57 Å². The minimum atomic E-state index is -0.416. The Hall–Kier alpha value is -3.02. The third kappa shape index (κ3) is 3.32. The fraction of sp³-hybridized carbons (Fsp3) is 0.222. The van der Waals surface area contributed by atoms with Crippen molar-refractivity contribution in [3.8, 4) is 5.75 Å². The van der Waals surface area contributed by atoms with E-state index in [1.54, 1.807) is 37.4 Å². The Balaban J connectivity index is 1.70. The van der Waals surface area contributed by atoms with Gasteiger partial charge in [-0.15, -0.1) is 0 Å². The van der Waals surface area contributed by atoms with Crippen molar-refractivity contribution in [1.82, 2.24) is 4.57 Å². The molecule has 6 heteroatoms. The van der Waals surface area contributed by atoms with Gasteiger partial charge in [-0.05, 0) is 48.9 Å². The summed E-state index contributed by atoms with van der Waals surface area (Å²) < 4.78 is 11.9. The first-order valence-corrected chi connectivity index (χ1v) is 7.68. The van der Waals surface area contributed by atoms with Crippen molar-refractivity contribution in [1.29, 1.82) is 0 Å². The topological polar surface area (TPSA) is 73.5 Å². The largest absolute Gasteiger partial charge is 0.494 e. The second kappa shape index (κ2) is 6.62. The molecular formula is C18H18N2O4. The molecule has 0 aliphatic heterocycles. The van der Waals surface area contributed by atoms with Crippen molar-refractivity contribution in [2.45, 2.75) is 13.3 Å². The molecule has 0 bridgehead atoms. The standard InChI is InChI=1S/C18H18N2O4/c1-3-23-14-7-5-13(6-8-14)19-17(21)11-12-4-9-16-15(10-12)20(2)18(22)24-16/h4-10H,3,11H2,1-2H3,(H,19,21). The maximum atomic E-state index is 12.2. The third-order valence-electron chi connectivity index (χ3n) is 3.67. The number of carbonyl (C=O) groups excluding carboxylic acids is 1. The Morgan fingerprint density at radius 2 is 1.96 bits per heavy atom. The summed E-state index contributed by atoms with van der Waals surface area (Å²) in [6.07, 6.45) is 0.211. The number of oxazole rings is 1. The van der Waals surface area contributed by atoms with E-state index in [0.717, 1.165) is 11.3 Å². The van der Waals surface area contributed by atoms with Crippen LogP contribution in [0.25, 0.3) is 11.1 Å². The number of amides is 1. The van der Waals surface area contributed by atoms with Gasteiger partial charge < -0.3 is 14.5 Å². The van der Waals surface area contributed by atoms with E-state index in [1.807, 2.05) is 19.1 Å². The summed E-state index contributed by atoms with van der Waals surface area (Å²) in [4.78, 5) is 23.7. The van der Waals surface area contributed by atoms with Gasteiger partial charge in [0.15, 0.2) is 5.58 Å². The number of nitrogens with one attached hydrogen (secondary N) is 1. The number of ether oxygens (including phenoxy) is 1. The number of hydrogen-bond donors (Lipinski definition) is 1. The second-order valence-corrected chi connectivity index (χ2v) is 5.41. The van der Waals surface area contributed by atoms with Crippen molar-refractivity contribution < 1.29 is 13.9 Å². The minimum Gasteiger partial charge on any atom is -0.494 e. The summed E-state index contributed by atoms with van der Waals surface area (Å²) in [5.74, 6) is 0.217. The maximum Gasteiger partial charge on any atom is 0.419 e. The molecule has 3 aromatic rings. The zero-order valence-electron chi connectivity index (χ0n) is 13.5. The number of nitrogens with zero attached hydrogens (tertiary/aromatic N) is 1. The van der Waals surface area contributed by atoms with Crippen LogP contribution in [0.2, 0.25) is 0 Å². The molecule has 24 heavy (non-hydrogen) atoms. The number of benzene rings is 2. The molecule has 1 aromatic heterocycles. The van der Waals surface area contributed by atoms with E-state index in [2.05, 4.69) is 5.32 Å². The number of rotatable bonds is 5. The van der Waals surface area contributed by atoms with Crippen molar-refractivity contribution >= 4 is 22.7 Å². The predicted octanol–water partition coefficient (Wildman–Crippen LogP) is 2.71. The van der Waals surface area contributed by atoms with Crippen LogP contribution in [0.4, 0.5) is 5.69 Å². The molecule has 6 nitrogen and oxygen atoms in total. The van der Waals surface area contributed by atoms with Gasteiger partial charge in [0.05, 0.1) is 18.5 Å². The van der Waals surface area contributed by atoms with Crippen molar-refractivity contribution in [3.05, 3.63) is 58.6 Å². The maximum absolute atomic E-state index is 12.2. The Labute approximate surface area is 138 Å². The van der Waals surface area contributed by atoms with Gasteiger partial charge in [-0.25, -0.2) is 4.79 Å². The lowest BCUT2D eigenvalue weighted by molar-refractivity contribution is -0.115. The molecule has 0 aliphatic rings. The normalized spacial score (nSPS) is 10.8. The Kier molecular flexibility index (Phi) is 4.37. The number of anilines is 1. The highest BCUT2D eigenvalue weighted by Crippen LogP contribution is 2.17. The average molecular weight is 326 g/mol. The van der Waals surface area contributed by atoms with Gasteiger partial charge in [-0.3, -0.25) is 9.36 Å². The van der Waals surface area contributed by atoms with Gasteiger partial charge in [-0.1, -0.05) is 6.07 Å². The van der Waals surface area contributed by atoms with E-state index in [9.17, 15) is 9.59 Å². The van der Waals surface area contributed by atoms with Crippen molar-refractivity contribution in [3.63, 3.8) is 0 Å². The van der Waals surface area contributed by atoms with Crippen LogP contribution < -0.4 is 15.8 Å². The summed E-state index contributed by atoms with van der Waals surface area (Å²) in [6, 6.07) is 12.5. The number of aromatic nitrogens is 1. The number of hydrogen-bond acceptors (Lipinski definition) is 4. The first kappa shape index (κ1) is 15.9. The molecule has 0 saturated carbocycles. The van der Waals surface area contributed by atoms with Gasteiger partial charge in [-0.2, -0.15) is 0 Å². The summed E-state index contributed by atoms with van der Waals surface area (Å²) in [5.41, 5.74) is 2.70. The molecule has 124 valence electrons. The molecule has 0 saturated heterocycles. The highest BCUT2D eigenvalue weighted by atomic mass is 16.5. The van der Waals surface area contributed by atoms with Crippen LogP contribution in [0.3, 0.4) is 0 Å². The summed E-state index contributed by atoms with van der Waals surface area (Å²) >= 11 is 0. The molecule has 1 heterocycles. The van der Waals surface area contributed by atoms with Crippen molar-refractivity contribution in [2.75, 3.05) is 11.9 Å². The smallest absolute Gasteiger partial charge is 0.419 e. The average Bonchev–Trinajstić information content (AvgIpc) is 2.84. The predicted molar refractivity (Wildman–Crippen MR) is 91.4 cm³/mol. The molecule has 0 spiro atoms. The molecule has 0 fully saturated rings. The molecule has 1 N–H and O–H groups in total. The zero-order valence-corrected chi connectivity index (χ0v) is 13.5. The fourth-order valence-electron chi connectivity index (χ4n) is 2.47. The third-order valence-corrected chi connectivity index (χ3v) is 3.67. The molecule has 0 radical (unpaired) electrons. The molecule has 3 rings (SSSR count). The molecule has 0 aliphatic carbocycles. The monoisotopic (exact) mass is 326 g/mol. The number of fused-ring (bicyclic) bond motifs is 1. The Bertz CT molecular complexity index is 922. The first-order valence-electron chi connectivity index (χ1n) is 7.68. The fourth-order valence-corrected chi connectivity index (χ4v) is 2.47. The highest BCUT2D eigenvalue weighted by molar-refractivity contribution is 5.92. The lowest BCUT2D eigenvalue weighted by atomic mass is 10.1. The van der Waals surface area contributed by atoms with Crippen LogP contribution in [0.1, 0.15) is 12.5 Å². The number of carbonyl (C=O) groups is 1. The molecule has 2 aromatic carbocycles. The van der Waals surface area contributed by atoms with Gasteiger partial charge in [0.25, 0.3) is 0 Å². The molecule has 0 unspecified atom stereocenters. The first-order chi connectivity index (χ1) is 11.6. The summed E-state index contributed by atoms with van der Waals surface area (Å²) in [6.45, 7) is 2.52. The quantitative estimate of drug-likeness (QED) is 0.782. The summed E-state index contributed by atoms with van der Waals surface area (Å²) in [5, 5.41) is 2.84. The molecule has 1 amide bonds. The van der Waals surface area contributed by atoms with Gasteiger partial charge in [0.1, 0.15) is 5.75 Å². The SMILES string of the molecule is CCOc1ccc(NC(=O)Cc2ccc3oc(=O)n(C)c3c2)cc1. The summed E-state index contributed by atoms with van der Waals surface area (Å²) in [7, 11) is 1.64. The lowest BCUT2D eigenvalue weighted by Gasteiger charge is -2.07. The van der Waals surface area contributed by atoms with E-state index >= 15 is 0 Å². The Morgan fingerprint density at radius 1 is 1.21 bits per heavy atom. The van der Waals surface area contributed by atoms with E-state index in [4.69, 9.17) is 9.15 Å². The lowest BCUT2D eigenvalue weighted by Crippen LogP contribution is -2.14. The molecular weight excluding hydrogens is 308 g/mol. The van der Waals surface area contributed by atoms with Crippen LogP contribution in [0, 0.1) is 0 Å². The molecule has 0 atom stereocenters. The highest BCUT2D eigenvalue weighted by Gasteiger charge is 2.09. The number of aryl methyl sites for hydroxylation is 1. The van der Waals surface area contributed by atoms with Crippen LogP contribution in [0.15, 0.2) is 51.7 Å². The zero-order chi connectivity index (χ0) is 17.1. The van der Waals surface area contributed by atoms with Gasteiger partial charge in [0, 0.05) is 12.7 Å². The van der Waals surface area contributed by atoms with Crippen molar-refractivity contribution in [2.24, 2.45) is 7.05 Å². The van der Waals surface area contributed by atoms with E-state index in [-0.39, 0.29) is 12.3 Å². The van der Waals surface area contributed by atoms with E-state index < -0.39 is 5.76 Å². The van der Waals surface area contributed by atoms with Gasteiger partial charge >= 0.3 is 5.76 Å². The van der Waals surface area contributed by atoms with Crippen LogP contribution in [-0.2, 0) is 18.3 Å². The van der Waals surface area contributed by atoms with Crippen LogP contribution >= 0.6 is 0 Å². The van der Waals surface area contributed by atoms with Crippen LogP contribution in [-0.4, -0.2) is 17.1 Å². The second-order valence-electron chi connectivity index (χ2n) is 5.41.